The minimum absolute atomic E-state index is 0.120. The molecule has 0 saturated carbocycles. The first-order valence-corrected chi connectivity index (χ1v) is 7.44. The molecule has 0 aliphatic carbocycles. The van der Waals surface area contributed by atoms with E-state index in [0.29, 0.717) is 0 Å². The zero-order valence-electron chi connectivity index (χ0n) is 13.9. The van der Waals surface area contributed by atoms with Crippen LogP contribution in [0.4, 0.5) is 5.95 Å². The Morgan fingerprint density at radius 3 is 2.46 bits per heavy atom. The van der Waals surface area contributed by atoms with Crippen LogP contribution in [0.1, 0.15) is 18.1 Å². The van der Waals surface area contributed by atoms with Crippen molar-refractivity contribution >= 4 is 11.9 Å². The van der Waals surface area contributed by atoms with Crippen LogP contribution < -0.4 is 17.1 Å². The Bertz CT molecular complexity index is 852. The Kier molecular flexibility index (Phi) is 5.18. The maximum absolute atomic E-state index is 12.6. The molecule has 0 spiro atoms. The van der Waals surface area contributed by atoms with Crippen LogP contribution in [0.3, 0.4) is 0 Å². The number of esters is 1. The van der Waals surface area contributed by atoms with Gasteiger partial charge in [0, 0.05) is 6.54 Å². The second kappa shape index (κ2) is 7.12. The maximum atomic E-state index is 12.6. The Hall–Kier alpha value is -2.90. The number of hydrogen-bond donors (Lipinski definition) is 1. The molecule has 1 atom stereocenters. The number of aromatic nitrogens is 3. The highest BCUT2D eigenvalue weighted by Crippen LogP contribution is 2.06. The number of rotatable bonds is 5. The number of carbonyl (C=O) groups excluding carboxylic acids is 1. The lowest BCUT2D eigenvalue weighted by atomic mass is 10.1. The minimum Gasteiger partial charge on any atom is -0.469 e. The van der Waals surface area contributed by atoms with Gasteiger partial charge in [0.2, 0.25) is 5.95 Å². The number of nitrogen functional groups attached to an aromatic ring is 1. The molecular formula is C16H20N4O4. The summed E-state index contributed by atoms with van der Waals surface area (Å²) in [5.41, 5.74) is 6.28. The molecule has 0 fully saturated rings. The summed E-state index contributed by atoms with van der Waals surface area (Å²) in [7, 11) is 1.25. The van der Waals surface area contributed by atoms with Gasteiger partial charge in [0.15, 0.2) is 0 Å². The van der Waals surface area contributed by atoms with Crippen LogP contribution in [0.5, 0.6) is 0 Å². The van der Waals surface area contributed by atoms with Crippen molar-refractivity contribution in [2.45, 2.75) is 26.9 Å². The smallest absolute Gasteiger partial charge is 0.354 e. The number of methoxy groups -OCH3 is 1. The van der Waals surface area contributed by atoms with Crippen LogP contribution >= 0.6 is 0 Å². The van der Waals surface area contributed by atoms with E-state index in [-0.39, 0.29) is 19.0 Å². The van der Waals surface area contributed by atoms with E-state index in [4.69, 9.17) is 5.73 Å². The van der Waals surface area contributed by atoms with Gasteiger partial charge in [-0.2, -0.15) is 4.98 Å². The van der Waals surface area contributed by atoms with E-state index in [1.165, 1.54) is 11.7 Å². The molecule has 128 valence electrons. The lowest BCUT2D eigenvalue weighted by molar-refractivity contribution is -0.145. The number of nitrogens with zero attached hydrogens (tertiary/aromatic N) is 3. The second-order valence-electron chi connectivity index (χ2n) is 5.64. The summed E-state index contributed by atoms with van der Waals surface area (Å²) in [6.07, 6.45) is 0. The predicted molar refractivity (Wildman–Crippen MR) is 88.6 cm³/mol. The Morgan fingerprint density at radius 2 is 1.88 bits per heavy atom. The van der Waals surface area contributed by atoms with Crippen molar-refractivity contribution in [2.24, 2.45) is 5.92 Å². The van der Waals surface area contributed by atoms with Gasteiger partial charge in [0.05, 0.1) is 19.6 Å². The molecule has 2 rings (SSSR count). The van der Waals surface area contributed by atoms with Crippen LogP contribution in [0, 0.1) is 12.8 Å². The molecule has 0 amide bonds. The van der Waals surface area contributed by atoms with Gasteiger partial charge in [-0.1, -0.05) is 36.8 Å². The Balaban J connectivity index is 2.40. The zero-order chi connectivity index (χ0) is 17.9. The quantitative estimate of drug-likeness (QED) is 0.781. The summed E-state index contributed by atoms with van der Waals surface area (Å²) in [6, 6.07) is 7.57. The molecule has 0 saturated heterocycles. The number of carbonyl (C=O) groups is 1. The number of hydrogen-bond acceptors (Lipinski definition) is 6. The molecule has 2 N–H and O–H groups in total. The SMILES string of the molecule is COC(=O)[C@@H](C)Cn1c(=O)nc(N)n(Cc2ccc(C)cc2)c1=O. The normalized spacial score (nSPS) is 12.0. The summed E-state index contributed by atoms with van der Waals surface area (Å²) in [6.45, 7) is 3.59. The number of anilines is 1. The van der Waals surface area contributed by atoms with Gasteiger partial charge in [-0.15, -0.1) is 0 Å². The van der Waals surface area contributed by atoms with Crippen molar-refractivity contribution in [2.75, 3.05) is 12.8 Å². The fourth-order valence-electron chi connectivity index (χ4n) is 2.27. The molecule has 8 heteroatoms. The lowest BCUT2D eigenvalue weighted by Crippen LogP contribution is -2.44. The third kappa shape index (κ3) is 3.70. The molecule has 1 aromatic heterocycles. The molecule has 0 bridgehead atoms. The maximum Gasteiger partial charge on any atom is 0.354 e. The molecule has 0 unspecified atom stereocenters. The first-order chi connectivity index (χ1) is 11.3. The van der Waals surface area contributed by atoms with Gasteiger partial charge >= 0.3 is 17.3 Å². The Labute approximate surface area is 138 Å². The third-order valence-electron chi connectivity index (χ3n) is 3.70. The molecule has 1 heterocycles. The number of ether oxygens (including phenoxy) is 1. The van der Waals surface area contributed by atoms with Crippen molar-refractivity contribution in [1.29, 1.82) is 0 Å². The molecule has 2 aromatic rings. The van der Waals surface area contributed by atoms with Crippen molar-refractivity contribution in [1.82, 2.24) is 14.1 Å². The summed E-state index contributed by atoms with van der Waals surface area (Å²) in [5.74, 6) is -1.32. The first kappa shape index (κ1) is 17.5. The van der Waals surface area contributed by atoms with E-state index < -0.39 is 23.3 Å². The van der Waals surface area contributed by atoms with Crippen molar-refractivity contribution in [3.05, 3.63) is 56.4 Å². The lowest BCUT2D eigenvalue weighted by Gasteiger charge is -2.14. The van der Waals surface area contributed by atoms with E-state index in [1.807, 2.05) is 31.2 Å². The average molecular weight is 332 g/mol. The summed E-state index contributed by atoms with van der Waals surface area (Å²) in [5, 5.41) is 0. The van der Waals surface area contributed by atoms with Crippen LogP contribution in [0.25, 0.3) is 0 Å². The molecule has 1 aromatic carbocycles. The monoisotopic (exact) mass is 332 g/mol. The third-order valence-corrected chi connectivity index (χ3v) is 3.70. The zero-order valence-corrected chi connectivity index (χ0v) is 13.9. The highest BCUT2D eigenvalue weighted by Gasteiger charge is 2.18. The molecular weight excluding hydrogens is 312 g/mol. The summed E-state index contributed by atoms with van der Waals surface area (Å²) < 4.78 is 6.72. The standard InChI is InChI=1S/C16H20N4O4/c1-10-4-6-12(7-5-10)9-19-14(17)18-15(22)20(16(19)23)8-11(2)13(21)24-3/h4-7,11H,8-9H2,1-3H3,(H2,17,18,22)/t11-/m0/s1. The number of nitrogens with two attached hydrogens (primary N) is 1. The highest BCUT2D eigenvalue weighted by molar-refractivity contribution is 5.71. The van der Waals surface area contributed by atoms with Crippen molar-refractivity contribution in [3.8, 4) is 0 Å². The number of benzene rings is 1. The van der Waals surface area contributed by atoms with Crippen LogP contribution in [0.15, 0.2) is 33.9 Å². The van der Waals surface area contributed by atoms with Gasteiger partial charge in [-0.05, 0) is 12.5 Å². The van der Waals surface area contributed by atoms with Gasteiger partial charge < -0.3 is 10.5 Å². The molecule has 24 heavy (non-hydrogen) atoms. The summed E-state index contributed by atoms with van der Waals surface area (Å²) in [4.78, 5) is 39.7. The van der Waals surface area contributed by atoms with E-state index in [2.05, 4.69) is 9.72 Å². The van der Waals surface area contributed by atoms with Crippen LogP contribution in [0.2, 0.25) is 0 Å². The average Bonchev–Trinajstić information content (AvgIpc) is 2.56. The van der Waals surface area contributed by atoms with Gasteiger partial charge in [0.1, 0.15) is 0 Å². The van der Waals surface area contributed by atoms with Crippen LogP contribution in [-0.2, 0) is 22.6 Å². The van der Waals surface area contributed by atoms with E-state index >= 15 is 0 Å². The number of aryl methyl sites for hydroxylation is 1. The van der Waals surface area contributed by atoms with E-state index in [1.54, 1.807) is 6.92 Å². The van der Waals surface area contributed by atoms with E-state index in [0.717, 1.165) is 15.7 Å². The van der Waals surface area contributed by atoms with Crippen molar-refractivity contribution in [3.63, 3.8) is 0 Å². The predicted octanol–water partition coefficient (Wildman–Crippen LogP) is 0.153. The molecule has 0 aliphatic heterocycles. The second-order valence-corrected chi connectivity index (χ2v) is 5.64. The largest absolute Gasteiger partial charge is 0.469 e. The Morgan fingerprint density at radius 1 is 1.25 bits per heavy atom. The molecule has 0 aliphatic rings. The van der Waals surface area contributed by atoms with Gasteiger partial charge in [0.25, 0.3) is 0 Å². The van der Waals surface area contributed by atoms with Gasteiger partial charge in [-0.3, -0.25) is 9.36 Å². The summed E-state index contributed by atoms with van der Waals surface area (Å²) >= 11 is 0. The fraction of sp³-hybridized carbons (Fsp3) is 0.375. The van der Waals surface area contributed by atoms with Crippen LogP contribution in [-0.4, -0.2) is 27.2 Å². The molecule has 8 nitrogen and oxygen atoms in total. The van der Waals surface area contributed by atoms with Gasteiger partial charge in [-0.25, -0.2) is 14.2 Å². The van der Waals surface area contributed by atoms with E-state index in [9.17, 15) is 14.4 Å². The minimum atomic E-state index is -0.784. The molecule has 0 radical (unpaired) electrons. The highest BCUT2D eigenvalue weighted by atomic mass is 16.5. The van der Waals surface area contributed by atoms with Crippen molar-refractivity contribution < 1.29 is 9.53 Å². The first-order valence-electron chi connectivity index (χ1n) is 7.44. The topological polar surface area (TPSA) is 109 Å². The fourth-order valence-corrected chi connectivity index (χ4v) is 2.27.